The van der Waals surface area contributed by atoms with Crippen molar-refractivity contribution in [1.29, 1.82) is 0 Å². The zero-order valence-corrected chi connectivity index (χ0v) is 8.11. The lowest BCUT2D eigenvalue weighted by atomic mass is 9.76. The molecule has 2 bridgehead atoms. The van der Waals surface area contributed by atoms with Crippen molar-refractivity contribution in [1.82, 2.24) is 0 Å². The predicted molar refractivity (Wildman–Crippen MR) is 44.5 cm³/mol. The van der Waals surface area contributed by atoms with Crippen LogP contribution in [0.3, 0.4) is 0 Å². The number of fused-ring (bicyclic) bond motifs is 2. The normalized spacial score (nSPS) is 40.1. The van der Waals surface area contributed by atoms with Crippen LogP contribution in [0.5, 0.6) is 0 Å². The van der Waals surface area contributed by atoms with Crippen molar-refractivity contribution in [3.8, 4) is 0 Å². The number of allylic oxidation sites excluding steroid dienone is 2. The second kappa shape index (κ2) is 2.74. The van der Waals surface area contributed by atoms with Crippen molar-refractivity contribution in [3.63, 3.8) is 0 Å². The first-order valence-electron chi connectivity index (χ1n) is 4.81. The van der Waals surface area contributed by atoms with E-state index in [0.717, 1.165) is 0 Å². The highest BCUT2D eigenvalue weighted by Crippen LogP contribution is 2.61. The fourth-order valence-electron chi connectivity index (χ4n) is 2.81. The highest BCUT2D eigenvalue weighted by atomic mass is 19.4. The van der Waals surface area contributed by atoms with E-state index >= 15 is 0 Å². The summed E-state index contributed by atoms with van der Waals surface area (Å²) in [5.41, 5.74) is -0.982. The van der Waals surface area contributed by atoms with Gasteiger partial charge in [0.15, 0.2) is 0 Å². The predicted octanol–water partition coefficient (Wildman–Crippen LogP) is 3.79. The quantitative estimate of drug-likeness (QED) is 0.471. The highest BCUT2D eigenvalue weighted by Gasteiger charge is 2.68. The van der Waals surface area contributed by atoms with E-state index in [1.165, 1.54) is 13.0 Å². The van der Waals surface area contributed by atoms with E-state index in [0.29, 0.717) is 6.42 Å². The second-order valence-corrected chi connectivity index (χ2v) is 4.74. The lowest BCUT2D eigenvalue weighted by molar-refractivity contribution is -0.310. The van der Waals surface area contributed by atoms with Gasteiger partial charge in [-0.15, -0.1) is 0 Å². The zero-order valence-electron chi connectivity index (χ0n) is 8.11. The molecule has 3 unspecified atom stereocenters. The Kier molecular flexibility index (Phi) is 1.99. The van der Waals surface area contributed by atoms with Crippen LogP contribution in [0, 0.1) is 17.3 Å². The Labute approximate surface area is 84.2 Å². The molecule has 2 rings (SSSR count). The van der Waals surface area contributed by atoms with Crippen molar-refractivity contribution in [3.05, 3.63) is 12.2 Å². The largest absolute Gasteiger partial charge is 0.453 e. The maximum absolute atomic E-state index is 13.2. The molecule has 0 heterocycles. The van der Waals surface area contributed by atoms with Crippen molar-refractivity contribution < 1.29 is 22.0 Å². The molecule has 5 heteroatoms. The summed E-state index contributed by atoms with van der Waals surface area (Å²) in [6.07, 6.45) is -1.80. The summed E-state index contributed by atoms with van der Waals surface area (Å²) in [6.45, 7) is 1.49. The fraction of sp³-hybridized carbons (Fsp3) is 0.800. The minimum absolute atomic E-state index is 0.0560. The molecule has 0 aromatic rings. The third-order valence-corrected chi connectivity index (χ3v) is 3.60. The van der Waals surface area contributed by atoms with Crippen LogP contribution in [0.15, 0.2) is 12.2 Å². The van der Waals surface area contributed by atoms with Gasteiger partial charge >= 0.3 is 12.1 Å². The number of hydrogen-bond donors (Lipinski definition) is 0. The summed E-state index contributed by atoms with van der Waals surface area (Å²) in [6, 6.07) is 0. The second-order valence-electron chi connectivity index (χ2n) is 4.74. The standard InChI is InChI=1S/C10H11F5/c1-8-3-2-6(5-8)4-7(8)9(11,12)10(13,14)15/h2-3,6-7H,4-5H2,1H3. The van der Waals surface area contributed by atoms with Crippen LogP contribution in [0.2, 0.25) is 0 Å². The third kappa shape index (κ3) is 1.39. The molecule has 0 amide bonds. The van der Waals surface area contributed by atoms with E-state index in [2.05, 4.69) is 0 Å². The van der Waals surface area contributed by atoms with Crippen molar-refractivity contribution in [2.24, 2.45) is 17.3 Å². The van der Waals surface area contributed by atoms with E-state index in [9.17, 15) is 22.0 Å². The zero-order chi connectivity index (χ0) is 11.5. The van der Waals surface area contributed by atoms with Gasteiger partial charge in [0.1, 0.15) is 0 Å². The van der Waals surface area contributed by atoms with Gasteiger partial charge in [0.2, 0.25) is 0 Å². The van der Waals surface area contributed by atoms with E-state index in [1.54, 1.807) is 6.08 Å². The van der Waals surface area contributed by atoms with Crippen LogP contribution in [-0.2, 0) is 0 Å². The average molecular weight is 226 g/mol. The molecule has 0 spiro atoms. The van der Waals surface area contributed by atoms with Crippen LogP contribution in [0.4, 0.5) is 22.0 Å². The summed E-state index contributed by atoms with van der Waals surface area (Å²) in [5, 5.41) is 0. The van der Waals surface area contributed by atoms with E-state index < -0.39 is 23.4 Å². The summed E-state index contributed by atoms with van der Waals surface area (Å²) >= 11 is 0. The topological polar surface area (TPSA) is 0 Å². The first-order valence-corrected chi connectivity index (χ1v) is 4.81. The molecule has 0 aromatic carbocycles. The van der Waals surface area contributed by atoms with Gasteiger partial charge in [-0.1, -0.05) is 19.1 Å². The Morgan fingerprint density at radius 1 is 1.20 bits per heavy atom. The number of alkyl halides is 5. The molecule has 2 aliphatic rings. The van der Waals surface area contributed by atoms with E-state index in [-0.39, 0.29) is 12.3 Å². The molecular formula is C10H11F5. The molecule has 0 saturated heterocycles. The molecule has 0 nitrogen and oxygen atoms in total. The van der Waals surface area contributed by atoms with Crippen LogP contribution in [0.25, 0.3) is 0 Å². The maximum Gasteiger partial charge on any atom is 0.453 e. The van der Waals surface area contributed by atoms with E-state index in [4.69, 9.17) is 0 Å². The van der Waals surface area contributed by atoms with Crippen molar-refractivity contribution in [2.45, 2.75) is 31.9 Å². The third-order valence-electron chi connectivity index (χ3n) is 3.60. The van der Waals surface area contributed by atoms with Gasteiger partial charge in [0.25, 0.3) is 0 Å². The summed E-state index contributed by atoms with van der Waals surface area (Å²) < 4.78 is 63.0. The van der Waals surface area contributed by atoms with Gasteiger partial charge in [-0.2, -0.15) is 22.0 Å². The van der Waals surface area contributed by atoms with Crippen LogP contribution < -0.4 is 0 Å². The van der Waals surface area contributed by atoms with Gasteiger partial charge in [-0.3, -0.25) is 0 Å². The summed E-state index contributed by atoms with van der Waals surface area (Å²) in [4.78, 5) is 0. The SMILES string of the molecule is CC12C=CC(CC1C(F)(F)C(F)(F)F)C2. The molecule has 15 heavy (non-hydrogen) atoms. The fourth-order valence-corrected chi connectivity index (χ4v) is 2.81. The van der Waals surface area contributed by atoms with Gasteiger partial charge < -0.3 is 0 Å². The first kappa shape index (κ1) is 10.9. The Morgan fingerprint density at radius 3 is 2.13 bits per heavy atom. The molecule has 1 saturated carbocycles. The number of hydrogen-bond acceptors (Lipinski definition) is 0. The van der Waals surface area contributed by atoms with Gasteiger partial charge in [0, 0.05) is 5.92 Å². The Bertz CT molecular complexity index is 303. The van der Waals surface area contributed by atoms with Crippen LogP contribution in [-0.4, -0.2) is 12.1 Å². The minimum atomic E-state index is -5.43. The molecule has 86 valence electrons. The first-order chi connectivity index (χ1) is 6.67. The molecule has 2 aliphatic carbocycles. The highest BCUT2D eigenvalue weighted by molar-refractivity contribution is 5.19. The van der Waals surface area contributed by atoms with Crippen molar-refractivity contribution >= 4 is 0 Å². The van der Waals surface area contributed by atoms with Crippen LogP contribution >= 0.6 is 0 Å². The molecule has 0 N–H and O–H groups in total. The minimum Gasteiger partial charge on any atom is -0.196 e. The Morgan fingerprint density at radius 2 is 1.80 bits per heavy atom. The van der Waals surface area contributed by atoms with E-state index in [1.807, 2.05) is 0 Å². The molecule has 0 aromatic heterocycles. The van der Waals surface area contributed by atoms with Gasteiger partial charge in [-0.25, -0.2) is 0 Å². The number of halogens is 5. The van der Waals surface area contributed by atoms with Crippen molar-refractivity contribution in [2.75, 3.05) is 0 Å². The lowest BCUT2D eigenvalue weighted by Gasteiger charge is -2.35. The molecular weight excluding hydrogens is 215 g/mol. The lowest BCUT2D eigenvalue weighted by Crippen LogP contribution is -2.47. The van der Waals surface area contributed by atoms with Gasteiger partial charge in [-0.05, 0) is 24.2 Å². The monoisotopic (exact) mass is 226 g/mol. The number of rotatable bonds is 1. The average Bonchev–Trinajstić information content (AvgIpc) is 2.56. The summed E-state index contributed by atoms with van der Waals surface area (Å²) in [7, 11) is 0. The van der Waals surface area contributed by atoms with Gasteiger partial charge in [0.05, 0.1) is 0 Å². The maximum atomic E-state index is 13.2. The molecule has 0 radical (unpaired) electrons. The molecule has 3 atom stereocenters. The summed E-state index contributed by atoms with van der Waals surface area (Å²) in [5.74, 6) is -6.27. The Balaban J connectivity index is 2.30. The Hall–Kier alpha value is -0.610. The smallest absolute Gasteiger partial charge is 0.196 e. The van der Waals surface area contributed by atoms with Crippen LogP contribution in [0.1, 0.15) is 19.8 Å². The molecule has 0 aliphatic heterocycles. The molecule has 1 fully saturated rings.